The van der Waals surface area contributed by atoms with Crippen molar-refractivity contribution in [1.82, 2.24) is 0 Å². The molecule has 140 valence electrons. The average Bonchev–Trinajstić information content (AvgIpc) is 3.15. The summed E-state index contributed by atoms with van der Waals surface area (Å²) in [5.41, 5.74) is 2.41. The zero-order valence-corrected chi connectivity index (χ0v) is 15.2. The maximum Gasteiger partial charge on any atom is 0.266 e. The van der Waals surface area contributed by atoms with Crippen molar-refractivity contribution in [3.05, 3.63) is 65.9 Å². The van der Waals surface area contributed by atoms with Crippen molar-refractivity contribution in [3.63, 3.8) is 0 Å². The molecular formula is C22H19N3O3. The number of anilines is 2. The van der Waals surface area contributed by atoms with E-state index in [1.165, 1.54) is 6.08 Å². The van der Waals surface area contributed by atoms with Crippen LogP contribution in [-0.4, -0.2) is 32.2 Å². The van der Waals surface area contributed by atoms with E-state index in [1.807, 2.05) is 54.6 Å². The van der Waals surface area contributed by atoms with Gasteiger partial charge in [0.2, 0.25) is 0 Å². The fourth-order valence-electron chi connectivity index (χ4n) is 3.14. The molecule has 1 fully saturated rings. The molecule has 0 aliphatic carbocycles. The number of para-hydroxylation sites is 1. The third kappa shape index (κ3) is 3.90. The molecule has 4 rings (SSSR count). The van der Waals surface area contributed by atoms with Crippen LogP contribution in [0.15, 0.2) is 64.6 Å². The summed E-state index contributed by atoms with van der Waals surface area (Å²) in [5.74, 6) is -0.00218. The Morgan fingerprint density at radius 1 is 1.11 bits per heavy atom. The van der Waals surface area contributed by atoms with Gasteiger partial charge in [-0.05, 0) is 36.4 Å². The van der Waals surface area contributed by atoms with E-state index in [0.29, 0.717) is 17.0 Å². The van der Waals surface area contributed by atoms with E-state index in [9.17, 15) is 10.1 Å². The highest BCUT2D eigenvalue weighted by atomic mass is 16.5. The second-order valence-electron chi connectivity index (χ2n) is 6.46. The number of nitrogens with zero attached hydrogens (tertiary/aromatic N) is 2. The molecule has 6 nitrogen and oxygen atoms in total. The molecule has 1 N–H and O–H groups in total. The molecular weight excluding hydrogens is 354 g/mol. The Bertz CT molecular complexity index is 1020. The second-order valence-corrected chi connectivity index (χ2v) is 6.46. The Labute approximate surface area is 162 Å². The van der Waals surface area contributed by atoms with Gasteiger partial charge in [-0.3, -0.25) is 4.79 Å². The Hall–Kier alpha value is -3.56. The summed E-state index contributed by atoms with van der Waals surface area (Å²) in [6, 6.07) is 18.9. The number of amides is 1. The van der Waals surface area contributed by atoms with Gasteiger partial charge in [0.05, 0.1) is 13.2 Å². The minimum atomic E-state index is -0.470. The lowest BCUT2D eigenvalue weighted by Gasteiger charge is -2.28. The van der Waals surface area contributed by atoms with Crippen molar-refractivity contribution in [2.45, 2.75) is 0 Å². The number of furan rings is 1. The topological polar surface area (TPSA) is 78.5 Å². The molecule has 2 aromatic carbocycles. The Morgan fingerprint density at radius 3 is 2.57 bits per heavy atom. The average molecular weight is 373 g/mol. The number of benzene rings is 2. The minimum absolute atomic E-state index is 0.0173. The van der Waals surface area contributed by atoms with Crippen LogP contribution in [0.1, 0.15) is 5.76 Å². The van der Waals surface area contributed by atoms with E-state index in [1.54, 1.807) is 6.07 Å². The molecule has 0 unspecified atom stereocenters. The molecule has 1 aliphatic rings. The highest BCUT2D eigenvalue weighted by molar-refractivity contribution is 6.09. The van der Waals surface area contributed by atoms with Gasteiger partial charge in [0.1, 0.15) is 23.0 Å². The summed E-state index contributed by atoms with van der Waals surface area (Å²) in [4.78, 5) is 14.7. The number of carbonyl (C=O) groups is 1. The summed E-state index contributed by atoms with van der Waals surface area (Å²) in [6.07, 6.45) is 1.46. The van der Waals surface area contributed by atoms with Gasteiger partial charge in [-0.1, -0.05) is 18.2 Å². The van der Waals surface area contributed by atoms with Crippen LogP contribution in [0.25, 0.3) is 17.0 Å². The number of fused-ring (bicyclic) bond motifs is 1. The largest absolute Gasteiger partial charge is 0.457 e. The van der Waals surface area contributed by atoms with Crippen molar-refractivity contribution in [2.24, 2.45) is 0 Å². The summed E-state index contributed by atoms with van der Waals surface area (Å²) < 4.78 is 11.0. The molecule has 1 amide bonds. The van der Waals surface area contributed by atoms with E-state index in [0.717, 1.165) is 37.4 Å². The number of rotatable bonds is 4. The lowest BCUT2D eigenvalue weighted by Crippen LogP contribution is -2.36. The smallest absolute Gasteiger partial charge is 0.266 e. The maximum atomic E-state index is 12.5. The third-order valence-electron chi connectivity index (χ3n) is 4.60. The molecule has 6 heteroatoms. The normalized spacial score (nSPS) is 14.7. The molecule has 1 saturated heterocycles. The lowest BCUT2D eigenvalue weighted by molar-refractivity contribution is -0.112. The van der Waals surface area contributed by atoms with Crippen molar-refractivity contribution < 1.29 is 13.9 Å². The van der Waals surface area contributed by atoms with Crippen molar-refractivity contribution in [3.8, 4) is 6.07 Å². The molecule has 0 spiro atoms. The monoisotopic (exact) mass is 373 g/mol. The Kier molecular flexibility index (Phi) is 5.09. The first-order chi connectivity index (χ1) is 13.7. The SMILES string of the molecule is N#C/C(=C\c1cc2ccccc2o1)C(=O)Nc1ccc(N2CCOCC2)cc1. The van der Waals surface area contributed by atoms with Crippen LogP contribution in [0.4, 0.5) is 11.4 Å². The molecule has 2 heterocycles. The van der Waals surface area contributed by atoms with E-state index >= 15 is 0 Å². The van der Waals surface area contributed by atoms with Gasteiger partial charge in [0.15, 0.2) is 0 Å². The highest BCUT2D eigenvalue weighted by Crippen LogP contribution is 2.22. The van der Waals surface area contributed by atoms with E-state index in [2.05, 4.69) is 10.2 Å². The molecule has 3 aromatic rings. The molecule has 0 saturated carbocycles. The van der Waals surface area contributed by atoms with Crippen molar-refractivity contribution in [1.29, 1.82) is 5.26 Å². The van der Waals surface area contributed by atoms with Gasteiger partial charge in [-0.25, -0.2) is 0 Å². The Morgan fingerprint density at radius 2 is 1.86 bits per heavy atom. The first kappa shape index (κ1) is 17.8. The number of morpholine rings is 1. The second kappa shape index (κ2) is 7.99. The number of carbonyl (C=O) groups excluding carboxylic acids is 1. The van der Waals surface area contributed by atoms with Gasteiger partial charge in [-0.2, -0.15) is 5.26 Å². The predicted octanol–water partition coefficient (Wildman–Crippen LogP) is 3.82. The summed E-state index contributed by atoms with van der Waals surface area (Å²) >= 11 is 0. The summed E-state index contributed by atoms with van der Waals surface area (Å²) in [7, 11) is 0. The van der Waals surface area contributed by atoms with Crippen LogP contribution in [0.3, 0.4) is 0 Å². The molecule has 0 bridgehead atoms. The number of hydrogen-bond donors (Lipinski definition) is 1. The summed E-state index contributed by atoms with van der Waals surface area (Å²) in [5, 5.41) is 13.1. The molecule has 0 radical (unpaired) electrons. The number of nitrogens with one attached hydrogen (secondary N) is 1. The van der Waals surface area contributed by atoms with Crippen LogP contribution in [0.2, 0.25) is 0 Å². The van der Waals surface area contributed by atoms with E-state index in [-0.39, 0.29) is 5.57 Å². The first-order valence-corrected chi connectivity index (χ1v) is 9.07. The third-order valence-corrected chi connectivity index (χ3v) is 4.60. The highest BCUT2D eigenvalue weighted by Gasteiger charge is 2.13. The zero-order valence-electron chi connectivity index (χ0n) is 15.2. The molecule has 28 heavy (non-hydrogen) atoms. The zero-order chi connectivity index (χ0) is 19.3. The van der Waals surface area contributed by atoms with Crippen molar-refractivity contribution >= 4 is 34.3 Å². The van der Waals surface area contributed by atoms with Crippen LogP contribution in [0, 0.1) is 11.3 Å². The quantitative estimate of drug-likeness (QED) is 0.556. The lowest BCUT2D eigenvalue weighted by atomic mass is 10.2. The predicted molar refractivity (Wildman–Crippen MR) is 108 cm³/mol. The van der Waals surface area contributed by atoms with Gasteiger partial charge in [0.25, 0.3) is 5.91 Å². The minimum Gasteiger partial charge on any atom is -0.457 e. The number of hydrogen-bond acceptors (Lipinski definition) is 5. The number of ether oxygens (including phenoxy) is 1. The first-order valence-electron chi connectivity index (χ1n) is 9.07. The van der Waals surface area contributed by atoms with Crippen LogP contribution in [0.5, 0.6) is 0 Å². The molecule has 1 aliphatic heterocycles. The maximum absolute atomic E-state index is 12.5. The fourth-order valence-corrected chi connectivity index (χ4v) is 3.14. The summed E-state index contributed by atoms with van der Waals surface area (Å²) in [6.45, 7) is 3.14. The molecule has 0 atom stereocenters. The van der Waals surface area contributed by atoms with Gasteiger partial charge in [-0.15, -0.1) is 0 Å². The molecule has 1 aromatic heterocycles. The van der Waals surface area contributed by atoms with E-state index in [4.69, 9.17) is 9.15 Å². The Balaban J connectivity index is 1.47. The van der Waals surface area contributed by atoms with Crippen LogP contribution in [-0.2, 0) is 9.53 Å². The standard InChI is InChI=1S/C22H19N3O3/c23-15-17(14-20-13-16-3-1-2-4-21(16)28-20)22(26)24-18-5-7-19(8-6-18)25-9-11-27-12-10-25/h1-8,13-14H,9-12H2,(H,24,26)/b17-14+. The van der Waals surface area contributed by atoms with Crippen LogP contribution >= 0.6 is 0 Å². The van der Waals surface area contributed by atoms with Gasteiger partial charge in [0, 0.05) is 35.9 Å². The number of nitriles is 1. The fraction of sp³-hybridized carbons (Fsp3) is 0.182. The van der Waals surface area contributed by atoms with Gasteiger partial charge >= 0.3 is 0 Å². The van der Waals surface area contributed by atoms with Gasteiger partial charge < -0.3 is 19.4 Å². The van der Waals surface area contributed by atoms with Crippen molar-refractivity contribution in [2.75, 3.05) is 36.5 Å². The van der Waals surface area contributed by atoms with Crippen LogP contribution < -0.4 is 10.2 Å². The van der Waals surface area contributed by atoms with E-state index < -0.39 is 5.91 Å².